The first-order valence-corrected chi connectivity index (χ1v) is 5.33. The smallest absolute Gasteiger partial charge is 0.325 e. The lowest BCUT2D eigenvalue weighted by atomic mass is 10.3. The summed E-state index contributed by atoms with van der Waals surface area (Å²) in [5, 5.41) is 12.2. The summed E-state index contributed by atoms with van der Waals surface area (Å²) in [6.07, 6.45) is 0. The lowest BCUT2D eigenvalue weighted by Gasteiger charge is -2.05. The maximum absolute atomic E-state index is 10.6. The molecule has 0 fully saturated rings. The summed E-state index contributed by atoms with van der Waals surface area (Å²) in [5.74, 6) is -0.880. The monoisotopic (exact) mass is 222 g/mol. The lowest BCUT2D eigenvalue weighted by Crippen LogP contribution is -2.25. The maximum atomic E-state index is 10.6. The first-order chi connectivity index (χ1) is 7.16. The molecule has 0 saturated carbocycles. The van der Waals surface area contributed by atoms with Crippen LogP contribution in [0.4, 0.5) is 5.13 Å². The number of fused-ring (bicyclic) bond motifs is 1. The van der Waals surface area contributed by atoms with Crippen LogP contribution in [0.5, 0.6) is 0 Å². The van der Waals surface area contributed by atoms with Gasteiger partial charge in [0.2, 0.25) is 0 Å². The number of carboxylic acid groups (broad SMARTS) is 1. The van der Waals surface area contributed by atoms with Crippen LogP contribution >= 0.6 is 11.3 Å². The summed E-state index contributed by atoms with van der Waals surface area (Å²) in [7, 11) is 0. The van der Waals surface area contributed by atoms with Gasteiger partial charge in [-0.15, -0.1) is 0 Å². The quantitative estimate of drug-likeness (QED) is 0.835. The summed E-state index contributed by atoms with van der Waals surface area (Å²) in [6, 6.07) is 7.09. The molecule has 0 aliphatic rings. The van der Waals surface area contributed by atoms with E-state index in [1.165, 1.54) is 11.3 Å². The van der Waals surface area contributed by atoms with Crippen molar-refractivity contribution in [1.82, 2.24) is 4.98 Å². The highest BCUT2D eigenvalue weighted by molar-refractivity contribution is 7.22. The molecule has 0 bridgehead atoms. The fourth-order valence-electron chi connectivity index (χ4n) is 1.18. The topological polar surface area (TPSA) is 62.2 Å². The van der Waals surface area contributed by atoms with Gasteiger partial charge in [0.25, 0.3) is 0 Å². The zero-order valence-electron chi connectivity index (χ0n) is 8.10. The number of hydrogen-bond donors (Lipinski definition) is 2. The van der Waals surface area contributed by atoms with Crippen molar-refractivity contribution in [2.45, 2.75) is 13.0 Å². The number of para-hydroxylation sites is 1. The Hall–Kier alpha value is -1.62. The van der Waals surface area contributed by atoms with Crippen molar-refractivity contribution in [2.24, 2.45) is 0 Å². The second-order valence-electron chi connectivity index (χ2n) is 3.19. The summed E-state index contributed by atoms with van der Waals surface area (Å²) in [6.45, 7) is 1.59. The van der Waals surface area contributed by atoms with E-state index in [0.717, 1.165) is 10.2 Å². The largest absolute Gasteiger partial charge is 0.480 e. The molecule has 15 heavy (non-hydrogen) atoms. The highest BCUT2D eigenvalue weighted by Gasteiger charge is 2.12. The molecule has 0 amide bonds. The van der Waals surface area contributed by atoms with Crippen molar-refractivity contribution >= 4 is 32.7 Å². The Kier molecular flexibility index (Phi) is 2.55. The minimum atomic E-state index is -0.880. The van der Waals surface area contributed by atoms with Crippen molar-refractivity contribution < 1.29 is 9.90 Å². The molecule has 0 saturated heterocycles. The summed E-state index contributed by atoms with van der Waals surface area (Å²) < 4.78 is 1.05. The first-order valence-electron chi connectivity index (χ1n) is 4.52. The number of carbonyl (C=O) groups is 1. The van der Waals surface area contributed by atoms with Gasteiger partial charge in [0.05, 0.1) is 10.2 Å². The van der Waals surface area contributed by atoms with Gasteiger partial charge >= 0.3 is 5.97 Å². The lowest BCUT2D eigenvalue weighted by molar-refractivity contribution is -0.137. The van der Waals surface area contributed by atoms with Gasteiger partial charge in [0, 0.05) is 0 Å². The molecule has 0 spiro atoms. The molecule has 4 nitrogen and oxygen atoms in total. The Bertz CT molecular complexity index is 462. The van der Waals surface area contributed by atoms with E-state index in [9.17, 15) is 4.79 Å². The number of hydrogen-bond acceptors (Lipinski definition) is 4. The van der Waals surface area contributed by atoms with Crippen LogP contribution in [0.3, 0.4) is 0 Å². The van der Waals surface area contributed by atoms with E-state index in [4.69, 9.17) is 5.11 Å². The number of nitrogens with one attached hydrogen (secondary N) is 1. The van der Waals surface area contributed by atoms with Gasteiger partial charge in [-0.25, -0.2) is 4.98 Å². The second-order valence-corrected chi connectivity index (χ2v) is 4.22. The Morgan fingerprint density at radius 3 is 2.93 bits per heavy atom. The van der Waals surface area contributed by atoms with Crippen LogP contribution in [0.1, 0.15) is 6.92 Å². The molecule has 2 rings (SSSR count). The third-order valence-electron chi connectivity index (χ3n) is 2.00. The van der Waals surface area contributed by atoms with Crippen LogP contribution in [-0.2, 0) is 4.79 Å². The van der Waals surface area contributed by atoms with Gasteiger partial charge in [0.15, 0.2) is 5.13 Å². The number of benzene rings is 1. The molecule has 5 heteroatoms. The minimum Gasteiger partial charge on any atom is -0.480 e. The summed E-state index contributed by atoms with van der Waals surface area (Å²) in [5.41, 5.74) is 0.891. The van der Waals surface area contributed by atoms with E-state index in [-0.39, 0.29) is 0 Å². The third kappa shape index (κ3) is 2.07. The van der Waals surface area contributed by atoms with Gasteiger partial charge in [0.1, 0.15) is 6.04 Å². The molecule has 1 atom stereocenters. The van der Waals surface area contributed by atoms with Crippen LogP contribution in [0.2, 0.25) is 0 Å². The Morgan fingerprint density at radius 1 is 1.53 bits per heavy atom. The predicted molar refractivity (Wildman–Crippen MR) is 60.3 cm³/mol. The molecule has 0 aliphatic heterocycles. The average Bonchev–Trinajstić information content (AvgIpc) is 2.59. The molecule has 0 aliphatic carbocycles. The van der Waals surface area contributed by atoms with Gasteiger partial charge < -0.3 is 10.4 Å². The van der Waals surface area contributed by atoms with E-state index < -0.39 is 12.0 Å². The number of thiazole rings is 1. The van der Waals surface area contributed by atoms with Crippen molar-refractivity contribution in [3.05, 3.63) is 24.3 Å². The number of nitrogens with zero attached hydrogens (tertiary/aromatic N) is 1. The molecular weight excluding hydrogens is 212 g/mol. The number of aliphatic carboxylic acids is 1. The first kappa shape index (κ1) is 9.92. The number of rotatable bonds is 3. The van der Waals surface area contributed by atoms with E-state index in [1.807, 2.05) is 24.3 Å². The molecule has 0 unspecified atom stereocenters. The SMILES string of the molecule is C[C@H](Nc1nc2ccccc2s1)C(=O)O. The van der Waals surface area contributed by atoms with Crippen LogP contribution < -0.4 is 5.32 Å². The van der Waals surface area contributed by atoms with Crippen LogP contribution in [0.15, 0.2) is 24.3 Å². The fourth-order valence-corrected chi connectivity index (χ4v) is 2.13. The maximum Gasteiger partial charge on any atom is 0.325 e. The Balaban J connectivity index is 2.26. The number of aromatic nitrogens is 1. The van der Waals surface area contributed by atoms with Gasteiger partial charge in [-0.3, -0.25) is 4.79 Å². The van der Waals surface area contributed by atoms with Crippen LogP contribution in [-0.4, -0.2) is 22.1 Å². The fraction of sp³-hybridized carbons (Fsp3) is 0.200. The van der Waals surface area contributed by atoms with Gasteiger partial charge in [-0.2, -0.15) is 0 Å². The predicted octanol–water partition coefficient (Wildman–Crippen LogP) is 2.18. The van der Waals surface area contributed by atoms with Crippen LogP contribution in [0.25, 0.3) is 10.2 Å². The molecule has 1 aromatic carbocycles. The molecule has 2 N–H and O–H groups in total. The van der Waals surface area contributed by atoms with Gasteiger partial charge in [-0.1, -0.05) is 23.5 Å². The minimum absolute atomic E-state index is 0.620. The normalized spacial score (nSPS) is 12.6. The van der Waals surface area contributed by atoms with E-state index >= 15 is 0 Å². The molecule has 2 aromatic rings. The number of anilines is 1. The van der Waals surface area contributed by atoms with E-state index in [0.29, 0.717) is 5.13 Å². The average molecular weight is 222 g/mol. The zero-order valence-corrected chi connectivity index (χ0v) is 8.91. The van der Waals surface area contributed by atoms with Crippen LogP contribution in [0, 0.1) is 0 Å². The highest BCUT2D eigenvalue weighted by atomic mass is 32.1. The zero-order chi connectivity index (χ0) is 10.8. The van der Waals surface area contributed by atoms with Crippen molar-refractivity contribution in [2.75, 3.05) is 5.32 Å². The summed E-state index contributed by atoms with van der Waals surface area (Å²) >= 11 is 1.46. The third-order valence-corrected chi connectivity index (χ3v) is 2.97. The highest BCUT2D eigenvalue weighted by Crippen LogP contribution is 2.25. The Morgan fingerprint density at radius 2 is 2.27 bits per heavy atom. The van der Waals surface area contributed by atoms with Crippen molar-refractivity contribution in [3.8, 4) is 0 Å². The molecule has 0 radical (unpaired) electrons. The standard InChI is InChI=1S/C10H10N2O2S/c1-6(9(13)14)11-10-12-7-4-2-3-5-8(7)15-10/h2-6H,1H3,(H,11,12)(H,13,14)/t6-/m0/s1. The summed E-state index contributed by atoms with van der Waals surface area (Å²) in [4.78, 5) is 14.9. The Labute approximate surface area is 90.6 Å². The molecule has 1 aromatic heterocycles. The van der Waals surface area contributed by atoms with E-state index in [2.05, 4.69) is 10.3 Å². The molecule has 1 heterocycles. The van der Waals surface area contributed by atoms with E-state index in [1.54, 1.807) is 6.92 Å². The van der Waals surface area contributed by atoms with Gasteiger partial charge in [-0.05, 0) is 19.1 Å². The number of carboxylic acids is 1. The van der Waals surface area contributed by atoms with Crippen molar-refractivity contribution in [3.63, 3.8) is 0 Å². The second kappa shape index (κ2) is 3.86. The van der Waals surface area contributed by atoms with Crippen molar-refractivity contribution in [1.29, 1.82) is 0 Å². The molecule has 78 valence electrons. The molecular formula is C10H10N2O2S.